The van der Waals surface area contributed by atoms with Crippen molar-refractivity contribution in [2.24, 2.45) is 11.8 Å². The van der Waals surface area contributed by atoms with Crippen molar-refractivity contribution >= 4 is 5.97 Å². The molecular weight excluding hydrogens is 318 g/mol. The van der Waals surface area contributed by atoms with Crippen molar-refractivity contribution in [1.29, 1.82) is 0 Å². The fourth-order valence-electron chi connectivity index (χ4n) is 4.17. The van der Waals surface area contributed by atoms with Crippen molar-refractivity contribution < 1.29 is 19.7 Å². The molecular formula is C20H29NO4. The number of hydrogen-bond donors (Lipinski definition) is 2. The molecule has 1 heterocycles. The summed E-state index contributed by atoms with van der Waals surface area (Å²) in [6, 6.07) is 8.17. The summed E-state index contributed by atoms with van der Waals surface area (Å²) >= 11 is 0. The van der Waals surface area contributed by atoms with Crippen LogP contribution in [0.4, 0.5) is 0 Å². The van der Waals surface area contributed by atoms with E-state index >= 15 is 0 Å². The summed E-state index contributed by atoms with van der Waals surface area (Å²) in [6.45, 7) is 6.78. The topological polar surface area (TPSA) is 70.0 Å². The number of likely N-dealkylation sites (tertiary alicyclic amines) is 1. The molecule has 2 N–H and O–H groups in total. The average molecular weight is 347 g/mol. The minimum atomic E-state index is -0.774. The smallest absolute Gasteiger partial charge is 0.306 e. The van der Waals surface area contributed by atoms with Gasteiger partial charge in [-0.2, -0.15) is 0 Å². The van der Waals surface area contributed by atoms with E-state index in [9.17, 15) is 9.90 Å². The van der Waals surface area contributed by atoms with Crippen LogP contribution in [0.1, 0.15) is 45.1 Å². The first-order chi connectivity index (χ1) is 11.9. The van der Waals surface area contributed by atoms with Crippen LogP contribution in [-0.2, 0) is 11.3 Å². The molecule has 2 fully saturated rings. The number of hydrogen-bond acceptors (Lipinski definition) is 4. The molecule has 2 aliphatic rings. The summed E-state index contributed by atoms with van der Waals surface area (Å²) in [6.07, 6.45) is 2.84. The van der Waals surface area contributed by atoms with Gasteiger partial charge in [0.15, 0.2) is 0 Å². The van der Waals surface area contributed by atoms with Gasteiger partial charge >= 0.3 is 5.97 Å². The van der Waals surface area contributed by atoms with Gasteiger partial charge in [-0.25, -0.2) is 0 Å². The van der Waals surface area contributed by atoms with Crippen molar-refractivity contribution in [3.05, 3.63) is 29.8 Å². The number of benzene rings is 1. The Kier molecular flexibility index (Phi) is 5.35. The number of carbonyl (C=O) groups is 1. The van der Waals surface area contributed by atoms with Gasteiger partial charge in [-0.3, -0.25) is 9.69 Å². The first kappa shape index (κ1) is 18.2. The highest BCUT2D eigenvalue weighted by molar-refractivity contribution is 5.71. The number of carboxylic acids is 1. The molecule has 1 aliphatic carbocycles. The third kappa shape index (κ3) is 4.15. The lowest BCUT2D eigenvalue weighted by atomic mass is 9.62. The van der Waals surface area contributed by atoms with E-state index in [4.69, 9.17) is 9.84 Å². The Morgan fingerprint density at radius 1 is 1.28 bits per heavy atom. The van der Waals surface area contributed by atoms with Crippen LogP contribution in [0.25, 0.3) is 0 Å². The van der Waals surface area contributed by atoms with Crippen molar-refractivity contribution in [2.45, 2.75) is 57.8 Å². The third-order valence-electron chi connectivity index (χ3n) is 5.63. The van der Waals surface area contributed by atoms with Crippen molar-refractivity contribution in [2.75, 3.05) is 13.1 Å². The zero-order valence-electron chi connectivity index (χ0n) is 15.1. The molecule has 3 rings (SSSR count). The van der Waals surface area contributed by atoms with E-state index in [0.717, 1.165) is 38.2 Å². The summed E-state index contributed by atoms with van der Waals surface area (Å²) in [5.74, 6) is 0.0370. The minimum absolute atomic E-state index is 0.155. The number of para-hydroxylation sites is 1. The summed E-state index contributed by atoms with van der Waals surface area (Å²) in [5, 5.41) is 19.7. The van der Waals surface area contributed by atoms with Gasteiger partial charge in [-0.05, 0) is 64.6 Å². The number of carboxylic acid groups (broad SMARTS) is 1. The fraction of sp³-hybridized carbons (Fsp3) is 0.650. The number of piperidine rings is 1. The lowest BCUT2D eigenvalue weighted by molar-refractivity contribution is -0.170. The Balaban J connectivity index is 1.53. The maximum Gasteiger partial charge on any atom is 0.306 e. The number of ether oxygens (including phenoxy) is 1. The molecule has 1 saturated heterocycles. The lowest BCUT2D eigenvalue weighted by Crippen LogP contribution is -2.54. The van der Waals surface area contributed by atoms with Gasteiger partial charge in [0.2, 0.25) is 0 Å². The third-order valence-corrected chi connectivity index (χ3v) is 5.63. The Morgan fingerprint density at radius 3 is 2.52 bits per heavy atom. The summed E-state index contributed by atoms with van der Waals surface area (Å²) < 4.78 is 5.90. The summed E-state index contributed by atoms with van der Waals surface area (Å²) in [7, 11) is 0. The van der Waals surface area contributed by atoms with Crippen molar-refractivity contribution in [3.63, 3.8) is 0 Å². The molecule has 0 spiro atoms. The largest absolute Gasteiger partial charge is 0.491 e. The van der Waals surface area contributed by atoms with E-state index in [1.165, 1.54) is 5.56 Å². The van der Waals surface area contributed by atoms with Crippen LogP contribution in [0, 0.1) is 11.8 Å². The highest BCUT2D eigenvalue weighted by Gasteiger charge is 2.51. The van der Waals surface area contributed by atoms with Crippen LogP contribution >= 0.6 is 0 Å². The van der Waals surface area contributed by atoms with Crippen LogP contribution in [0.15, 0.2) is 24.3 Å². The zero-order chi connectivity index (χ0) is 18.0. The molecule has 25 heavy (non-hydrogen) atoms. The normalized spacial score (nSPS) is 27.9. The summed E-state index contributed by atoms with van der Waals surface area (Å²) in [5.41, 5.74) is 0.441. The van der Waals surface area contributed by atoms with E-state index in [2.05, 4.69) is 11.0 Å². The van der Waals surface area contributed by atoms with Gasteiger partial charge in [-0.1, -0.05) is 18.2 Å². The Bertz CT molecular complexity index is 601. The predicted molar refractivity (Wildman–Crippen MR) is 95.5 cm³/mol. The molecule has 5 heteroatoms. The van der Waals surface area contributed by atoms with Crippen molar-refractivity contribution in [3.8, 4) is 5.75 Å². The molecule has 1 aromatic carbocycles. The van der Waals surface area contributed by atoms with Gasteiger partial charge in [0.1, 0.15) is 5.75 Å². The summed E-state index contributed by atoms with van der Waals surface area (Å²) in [4.78, 5) is 13.4. The molecule has 0 unspecified atom stereocenters. The van der Waals surface area contributed by atoms with Gasteiger partial charge in [-0.15, -0.1) is 0 Å². The average Bonchev–Trinajstić information content (AvgIpc) is 2.54. The second-order valence-corrected chi connectivity index (χ2v) is 7.87. The second-order valence-electron chi connectivity index (χ2n) is 7.87. The second kappa shape index (κ2) is 7.34. The highest BCUT2D eigenvalue weighted by Crippen LogP contribution is 2.46. The molecule has 0 aromatic heterocycles. The van der Waals surface area contributed by atoms with Gasteiger partial charge in [0.05, 0.1) is 17.6 Å². The molecule has 0 radical (unpaired) electrons. The zero-order valence-corrected chi connectivity index (χ0v) is 15.1. The van der Waals surface area contributed by atoms with Crippen LogP contribution in [0.5, 0.6) is 5.75 Å². The fourth-order valence-corrected chi connectivity index (χ4v) is 4.17. The van der Waals surface area contributed by atoms with E-state index in [1.54, 1.807) is 0 Å². The van der Waals surface area contributed by atoms with Gasteiger partial charge < -0.3 is 14.9 Å². The molecule has 0 bridgehead atoms. The standard InChI is InChI=1S/C20H29NO4/c1-14(2)25-18-6-4-3-5-15(18)13-21-9-7-17(8-10-21)20(24)11-16(12-20)19(22)23/h3-6,14,16-17,24H,7-13H2,1-2H3,(H,22,23). The molecule has 1 aromatic rings. The number of aliphatic carboxylic acids is 1. The first-order valence-electron chi connectivity index (χ1n) is 9.29. The molecule has 1 aliphatic heterocycles. The molecule has 5 nitrogen and oxygen atoms in total. The number of aliphatic hydroxyl groups is 1. The molecule has 0 atom stereocenters. The van der Waals surface area contributed by atoms with E-state index in [1.807, 2.05) is 32.0 Å². The van der Waals surface area contributed by atoms with Crippen LogP contribution in [-0.4, -0.2) is 45.9 Å². The molecule has 0 amide bonds. The van der Waals surface area contributed by atoms with Gasteiger partial charge in [0, 0.05) is 12.1 Å². The first-order valence-corrected chi connectivity index (χ1v) is 9.29. The minimum Gasteiger partial charge on any atom is -0.491 e. The SMILES string of the molecule is CC(C)Oc1ccccc1CN1CCC(C2(O)CC(C(=O)O)C2)CC1. The lowest BCUT2D eigenvalue weighted by Gasteiger charge is -2.49. The van der Waals surface area contributed by atoms with E-state index in [0.29, 0.717) is 12.8 Å². The number of nitrogens with zero attached hydrogens (tertiary/aromatic N) is 1. The van der Waals surface area contributed by atoms with Crippen LogP contribution in [0.2, 0.25) is 0 Å². The monoisotopic (exact) mass is 347 g/mol. The van der Waals surface area contributed by atoms with E-state index in [-0.39, 0.29) is 17.9 Å². The maximum atomic E-state index is 11.0. The molecule has 138 valence electrons. The van der Waals surface area contributed by atoms with Crippen molar-refractivity contribution in [1.82, 2.24) is 4.90 Å². The maximum absolute atomic E-state index is 11.0. The molecule has 1 saturated carbocycles. The van der Waals surface area contributed by atoms with Crippen LogP contribution in [0.3, 0.4) is 0 Å². The van der Waals surface area contributed by atoms with Gasteiger partial charge in [0.25, 0.3) is 0 Å². The van der Waals surface area contributed by atoms with E-state index < -0.39 is 11.6 Å². The Morgan fingerprint density at radius 2 is 1.92 bits per heavy atom. The Labute approximate surface area is 149 Å². The Hall–Kier alpha value is -1.59. The quantitative estimate of drug-likeness (QED) is 0.828. The predicted octanol–water partition coefficient (Wildman–Crippen LogP) is 2.91. The van der Waals surface area contributed by atoms with Crippen LogP contribution < -0.4 is 4.74 Å². The highest BCUT2D eigenvalue weighted by atomic mass is 16.5. The number of rotatable bonds is 6.